The van der Waals surface area contributed by atoms with E-state index in [1.165, 1.54) is 10.9 Å². The summed E-state index contributed by atoms with van der Waals surface area (Å²) in [7, 11) is 0. The molecule has 1 aromatic heterocycles. The molecule has 1 nitrogen and oxygen atoms in total. The van der Waals surface area contributed by atoms with E-state index in [-0.39, 0.29) is 24.8 Å². The Morgan fingerprint density at radius 1 is 0.909 bits per heavy atom. The predicted octanol–water partition coefficient (Wildman–Crippen LogP) is 3.01. The third-order valence-electron chi connectivity index (χ3n) is 1.46. The van der Waals surface area contributed by atoms with Crippen LogP contribution >= 0.6 is 24.8 Å². The number of fused-ring (bicyclic) bond motifs is 1. The monoisotopic (exact) mass is 189 g/mol. The maximum atomic E-state index is 3.12. The number of aromatic amines is 1. The first-order valence-electron chi connectivity index (χ1n) is 2.99. The molecular weight excluding hydrogens is 181 g/mol. The molecule has 2 aromatic rings. The molecule has 3 heteroatoms. The van der Waals surface area contributed by atoms with Crippen LogP contribution in [0.1, 0.15) is 0 Å². The van der Waals surface area contributed by atoms with Crippen molar-refractivity contribution in [3.8, 4) is 0 Å². The van der Waals surface area contributed by atoms with E-state index in [0.29, 0.717) is 0 Å². The summed E-state index contributed by atoms with van der Waals surface area (Å²) < 4.78 is 0. The van der Waals surface area contributed by atoms with Crippen LogP contribution in [-0.4, -0.2) is 4.98 Å². The Hall–Kier alpha value is -0.660. The Morgan fingerprint density at radius 3 is 2.36 bits per heavy atom. The lowest BCUT2D eigenvalue weighted by atomic mass is 10.3. The van der Waals surface area contributed by atoms with Crippen molar-refractivity contribution in [2.24, 2.45) is 0 Å². The second kappa shape index (κ2) is 4.27. The van der Waals surface area contributed by atoms with Gasteiger partial charge in [-0.1, -0.05) is 18.2 Å². The van der Waals surface area contributed by atoms with Crippen molar-refractivity contribution in [3.63, 3.8) is 0 Å². The van der Waals surface area contributed by atoms with Crippen molar-refractivity contribution in [2.75, 3.05) is 0 Å². The van der Waals surface area contributed by atoms with Crippen LogP contribution in [0.5, 0.6) is 0 Å². The largest absolute Gasteiger partial charge is 0.361 e. The molecule has 0 bridgehead atoms. The van der Waals surface area contributed by atoms with Crippen LogP contribution in [0.25, 0.3) is 10.9 Å². The van der Waals surface area contributed by atoms with E-state index >= 15 is 0 Å². The standard InChI is InChI=1S/C8H7N.2ClH/c1-2-4-8-7(3-1)5-6-9-8;;/h1-6,9H;2*1H. The number of benzene rings is 1. The van der Waals surface area contributed by atoms with Crippen LogP contribution in [0, 0.1) is 0 Å². The van der Waals surface area contributed by atoms with Crippen molar-refractivity contribution in [1.29, 1.82) is 0 Å². The van der Waals surface area contributed by atoms with Gasteiger partial charge in [-0.2, -0.15) is 0 Å². The van der Waals surface area contributed by atoms with Gasteiger partial charge >= 0.3 is 0 Å². The summed E-state index contributed by atoms with van der Waals surface area (Å²) in [6.45, 7) is 0. The highest BCUT2D eigenvalue weighted by atomic mass is 35.5. The molecule has 1 heterocycles. The average Bonchev–Trinajstić information content (AvgIpc) is 2.33. The second-order valence-corrected chi connectivity index (χ2v) is 2.06. The minimum absolute atomic E-state index is 0. The lowest BCUT2D eigenvalue weighted by Gasteiger charge is -1.83. The highest BCUT2D eigenvalue weighted by Crippen LogP contribution is 2.09. The molecule has 0 radical (unpaired) electrons. The molecule has 11 heavy (non-hydrogen) atoms. The van der Waals surface area contributed by atoms with Crippen LogP contribution in [0.4, 0.5) is 0 Å². The van der Waals surface area contributed by atoms with Crippen LogP contribution < -0.4 is 0 Å². The molecule has 2 rings (SSSR count). The smallest absolute Gasteiger partial charge is 0.0453 e. The predicted molar refractivity (Wildman–Crippen MR) is 52.8 cm³/mol. The third-order valence-corrected chi connectivity index (χ3v) is 1.46. The molecule has 0 saturated heterocycles. The molecule has 0 aliphatic carbocycles. The number of halogens is 2. The normalized spacial score (nSPS) is 8.36. The highest BCUT2D eigenvalue weighted by Gasteiger charge is 1.86. The Bertz CT molecular complexity index is 286. The zero-order valence-electron chi connectivity index (χ0n) is 5.78. The summed E-state index contributed by atoms with van der Waals surface area (Å²) in [5, 5.41) is 1.28. The molecule has 0 aliphatic rings. The van der Waals surface area contributed by atoms with E-state index < -0.39 is 0 Å². The second-order valence-electron chi connectivity index (χ2n) is 2.06. The number of H-pyrrole nitrogens is 1. The maximum Gasteiger partial charge on any atom is 0.0453 e. The van der Waals surface area contributed by atoms with Crippen molar-refractivity contribution in [3.05, 3.63) is 36.5 Å². The number of rotatable bonds is 0. The number of hydrogen-bond donors (Lipinski definition) is 1. The highest BCUT2D eigenvalue weighted by molar-refractivity contribution is 5.85. The molecule has 1 N–H and O–H groups in total. The van der Waals surface area contributed by atoms with Crippen LogP contribution in [0.3, 0.4) is 0 Å². The van der Waals surface area contributed by atoms with E-state index in [0.717, 1.165) is 0 Å². The van der Waals surface area contributed by atoms with Gasteiger partial charge in [0.2, 0.25) is 0 Å². The molecule has 0 spiro atoms. The van der Waals surface area contributed by atoms with E-state index in [1.54, 1.807) is 0 Å². The van der Waals surface area contributed by atoms with Gasteiger partial charge < -0.3 is 4.98 Å². The summed E-state index contributed by atoms with van der Waals surface area (Å²) in [6, 6.07) is 10.3. The van der Waals surface area contributed by atoms with Gasteiger partial charge in [0.15, 0.2) is 0 Å². The zero-order valence-corrected chi connectivity index (χ0v) is 7.41. The first kappa shape index (κ1) is 10.3. The SMILES string of the molecule is Cl.Cl.c1ccc2[nH]ccc2c1. The Balaban J connectivity index is 0.000000500. The first-order chi connectivity index (χ1) is 4.47. The topological polar surface area (TPSA) is 15.8 Å². The van der Waals surface area contributed by atoms with Crippen molar-refractivity contribution in [2.45, 2.75) is 0 Å². The fraction of sp³-hybridized carbons (Fsp3) is 0. The third kappa shape index (κ3) is 1.88. The Kier molecular flexibility index (Phi) is 4.01. The number of hydrogen-bond acceptors (Lipinski definition) is 0. The van der Waals surface area contributed by atoms with Gasteiger partial charge in [0.25, 0.3) is 0 Å². The summed E-state index contributed by atoms with van der Waals surface area (Å²) >= 11 is 0. The summed E-state index contributed by atoms with van der Waals surface area (Å²) in [5.74, 6) is 0. The molecule has 0 fully saturated rings. The lowest BCUT2D eigenvalue weighted by Crippen LogP contribution is -1.61. The molecule has 0 amide bonds. The van der Waals surface area contributed by atoms with Gasteiger partial charge in [-0.25, -0.2) is 0 Å². The maximum absolute atomic E-state index is 3.12. The van der Waals surface area contributed by atoms with Crippen molar-refractivity contribution in [1.82, 2.24) is 4.98 Å². The fourth-order valence-corrected chi connectivity index (χ4v) is 0.995. The molecule has 0 saturated carbocycles. The van der Waals surface area contributed by atoms with Gasteiger partial charge in [0, 0.05) is 11.7 Å². The molecule has 0 aliphatic heterocycles. The molecule has 0 atom stereocenters. The quantitative estimate of drug-likeness (QED) is 0.657. The molecule has 1 aromatic carbocycles. The van der Waals surface area contributed by atoms with Crippen LogP contribution in [0.2, 0.25) is 0 Å². The van der Waals surface area contributed by atoms with Crippen molar-refractivity contribution < 1.29 is 0 Å². The number of nitrogens with one attached hydrogen (secondary N) is 1. The van der Waals surface area contributed by atoms with Gasteiger partial charge in [-0.3, -0.25) is 0 Å². The minimum Gasteiger partial charge on any atom is -0.361 e. The number of aromatic nitrogens is 1. The van der Waals surface area contributed by atoms with Gasteiger partial charge in [0.05, 0.1) is 0 Å². The number of para-hydroxylation sites is 1. The molecular formula is C8H9Cl2N. The lowest BCUT2D eigenvalue weighted by molar-refractivity contribution is 1.48. The van der Waals surface area contributed by atoms with Gasteiger partial charge in [0.1, 0.15) is 0 Å². The van der Waals surface area contributed by atoms with Gasteiger partial charge in [-0.15, -0.1) is 24.8 Å². The van der Waals surface area contributed by atoms with E-state index in [4.69, 9.17) is 0 Å². The fourth-order valence-electron chi connectivity index (χ4n) is 0.995. The van der Waals surface area contributed by atoms with E-state index in [1.807, 2.05) is 18.3 Å². The Morgan fingerprint density at radius 2 is 1.64 bits per heavy atom. The van der Waals surface area contributed by atoms with Crippen molar-refractivity contribution >= 4 is 35.7 Å². The zero-order chi connectivity index (χ0) is 6.10. The average molecular weight is 190 g/mol. The van der Waals surface area contributed by atoms with Crippen LogP contribution in [-0.2, 0) is 0 Å². The summed E-state index contributed by atoms with van der Waals surface area (Å²) in [4.78, 5) is 3.12. The van der Waals surface area contributed by atoms with Gasteiger partial charge in [-0.05, 0) is 17.5 Å². The first-order valence-corrected chi connectivity index (χ1v) is 2.99. The Labute approximate surface area is 77.6 Å². The van der Waals surface area contributed by atoms with E-state index in [2.05, 4.69) is 23.2 Å². The summed E-state index contributed by atoms with van der Waals surface area (Å²) in [5.41, 5.74) is 1.21. The van der Waals surface area contributed by atoms with Crippen LogP contribution in [0.15, 0.2) is 36.5 Å². The molecule has 0 unspecified atom stereocenters. The van der Waals surface area contributed by atoms with E-state index in [9.17, 15) is 0 Å². The molecule has 60 valence electrons. The summed E-state index contributed by atoms with van der Waals surface area (Å²) in [6.07, 6.45) is 1.95. The minimum atomic E-state index is 0.